The number of benzene rings is 1. The Morgan fingerprint density at radius 1 is 1.40 bits per heavy atom. The van der Waals surface area contributed by atoms with Gasteiger partial charge in [-0.3, -0.25) is 4.79 Å². The first-order chi connectivity index (χ1) is 7.14. The molecule has 1 fully saturated rings. The molecule has 0 atom stereocenters. The molecule has 80 valence electrons. The third-order valence-electron chi connectivity index (χ3n) is 3.52. The van der Waals surface area contributed by atoms with E-state index in [1.165, 1.54) is 11.1 Å². The molecule has 0 spiro atoms. The van der Waals surface area contributed by atoms with Crippen molar-refractivity contribution in [1.29, 1.82) is 0 Å². The number of hydrogen-bond acceptors (Lipinski definition) is 1. The van der Waals surface area contributed by atoms with Gasteiger partial charge in [-0.1, -0.05) is 30.7 Å². The first-order valence-electron chi connectivity index (χ1n) is 5.42. The minimum atomic E-state index is -0.682. The van der Waals surface area contributed by atoms with Crippen LogP contribution in [0.2, 0.25) is 0 Å². The zero-order chi connectivity index (χ0) is 10.9. The molecule has 0 amide bonds. The van der Waals surface area contributed by atoms with Gasteiger partial charge in [0.1, 0.15) is 0 Å². The molecule has 0 unspecified atom stereocenters. The molecule has 0 saturated heterocycles. The zero-order valence-electron chi connectivity index (χ0n) is 8.99. The lowest BCUT2D eigenvalue weighted by molar-refractivity contribution is -0.139. The Hall–Kier alpha value is -1.31. The number of carboxylic acid groups (broad SMARTS) is 1. The summed E-state index contributed by atoms with van der Waals surface area (Å²) in [5.74, 6) is -0.682. The molecular weight excluding hydrogens is 188 g/mol. The van der Waals surface area contributed by atoms with Crippen LogP contribution in [0.4, 0.5) is 0 Å². The maximum atomic E-state index is 10.9. The average molecular weight is 204 g/mol. The first-order valence-corrected chi connectivity index (χ1v) is 5.42. The molecule has 1 aromatic carbocycles. The minimum absolute atomic E-state index is 0.0722. The maximum absolute atomic E-state index is 10.9. The lowest BCUT2D eigenvalue weighted by atomic mass is 9.61. The fraction of sp³-hybridized carbons (Fsp3) is 0.462. The summed E-state index contributed by atoms with van der Waals surface area (Å²) in [6.45, 7) is 2.07. The molecule has 1 N–H and O–H groups in total. The van der Waals surface area contributed by atoms with Crippen LogP contribution >= 0.6 is 0 Å². The second-order valence-electron chi connectivity index (χ2n) is 4.52. The van der Waals surface area contributed by atoms with Crippen molar-refractivity contribution < 1.29 is 9.90 Å². The third kappa shape index (κ3) is 1.76. The number of rotatable bonds is 3. The number of carbonyl (C=O) groups is 1. The lowest BCUT2D eigenvalue weighted by Gasteiger charge is -2.42. The van der Waals surface area contributed by atoms with Gasteiger partial charge in [-0.25, -0.2) is 0 Å². The summed E-state index contributed by atoms with van der Waals surface area (Å²) in [5, 5.41) is 8.97. The van der Waals surface area contributed by atoms with E-state index in [2.05, 4.69) is 19.1 Å². The molecule has 15 heavy (non-hydrogen) atoms. The molecule has 1 saturated carbocycles. The van der Waals surface area contributed by atoms with Gasteiger partial charge >= 0.3 is 5.97 Å². The van der Waals surface area contributed by atoms with Gasteiger partial charge in [0.25, 0.3) is 0 Å². The fourth-order valence-corrected chi connectivity index (χ4v) is 2.60. The van der Waals surface area contributed by atoms with Crippen LogP contribution in [0.1, 0.15) is 36.8 Å². The molecule has 2 nitrogen and oxygen atoms in total. The van der Waals surface area contributed by atoms with Crippen LogP contribution in [0.3, 0.4) is 0 Å². The number of hydrogen-bond donors (Lipinski definition) is 1. The van der Waals surface area contributed by atoms with Crippen molar-refractivity contribution in [1.82, 2.24) is 0 Å². The maximum Gasteiger partial charge on any atom is 0.304 e. The van der Waals surface area contributed by atoms with Crippen molar-refractivity contribution in [2.75, 3.05) is 0 Å². The van der Waals surface area contributed by atoms with Gasteiger partial charge in [0.2, 0.25) is 0 Å². The summed E-state index contributed by atoms with van der Waals surface area (Å²) in [6, 6.07) is 8.16. The predicted molar refractivity (Wildman–Crippen MR) is 59.0 cm³/mol. The summed E-state index contributed by atoms with van der Waals surface area (Å²) in [7, 11) is 0. The molecular formula is C13H16O2. The van der Waals surface area contributed by atoms with E-state index >= 15 is 0 Å². The SMILES string of the molecule is Cc1ccccc1C1(CC(=O)O)CCC1. The van der Waals surface area contributed by atoms with E-state index in [9.17, 15) is 4.79 Å². The number of aryl methyl sites for hydroxylation is 1. The average Bonchev–Trinajstić information content (AvgIpc) is 2.12. The molecule has 0 bridgehead atoms. The topological polar surface area (TPSA) is 37.3 Å². The van der Waals surface area contributed by atoms with Crippen molar-refractivity contribution >= 4 is 5.97 Å². The normalized spacial score (nSPS) is 18.2. The van der Waals surface area contributed by atoms with Crippen LogP contribution in [-0.2, 0) is 10.2 Å². The number of carboxylic acids is 1. The van der Waals surface area contributed by atoms with Gasteiger partial charge in [0.15, 0.2) is 0 Å². The Balaban J connectivity index is 2.34. The molecule has 1 aliphatic rings. The summed E-state index contributed by atoms with van der Waals surface area (Å²) in [5.41, 5.74) is 2.38. The van der Waals surface area contributed by atoms with E-state index in [0.717, 1.165) is 19.3 Å². The van der Waals surface area contributed by atoms with Crippen LogP contribution in [0.5, 0.6) is 0 Å². The van der Waals surface area contributed by atoms with Gasteiger partial charge in [0.05, 0.1) is 6.42 Å². The summed E-state index contributed by atoms with van der Waals surface area (Å²) in [6.07, 6.45) is 3.47. The Labute approximate surface area is 89.9 Å². The standard InChI is InChI=1S/C13H16O2/c1-10-5-2-3-6-11(10)13(7-4-8-13)9-12(14)15/h2-3,5-6H,4,7-9H2,1H3,(H,14,15). The molecule has 0 radical (unpaired) electrons. The monoisotopic (exact) mass is 204 g/mol. The van der Waals surface area contributed by atoms with Crippen LogP contribution in [0.25, 0.3) is 0 Å². The second-order valence-corrected chi connectivity index (χ2v) is 4.52. The largest absolute Gasteiger partial charge is 0.481 e. The van der Waals surface area contributed by atoms with E-state index < -0.39 is 5.97 Å². The zero-order valence-corrected chi connectivity index (χ0v) is 8.99. The van der Waals surface area contributed by atoms with Gasteiger partial charge in [-0.05, 0) is 30.9 Å². The summed E-state index contributed by atoms with van der Waals surface area (Å²) < 4.78 is 0. The van der Waals surface area contributed by atoms with Crippen LogP contribution < -0.4 is 0 Å². The van der Waals surface area contributed by atoms with Crippen molar-refractivity contribution in [3.8, 4) is 0 Å². The van der Waals surface area contributed by atoms with E-state index in [1.54, 1.807) is 0 Å². The first kappa shape index (κ1) is 10.2. The quantitative estimate of drug-likeness (QED) is 0.822. The highest BCUT2D eigenvalue weighted by Gasteiger charge is 2.41. The van der Waals surface area contributed by atoms with Crippen molar-refractivity contribution in [2.45, 2.75) is 38.0 Å². The molecule has 0 heterocycles. The molecule has 0 aliphatic heterocycles. The van der Waals surface area contributed by atoms with E-state index in [-0.39, 0.29) is 11.8 Å². The second kappa shape index (κ2) is 3.69. The van der Waals surface area contributed by atoms with Crippen molar-refractivity contribution in [2.24, 2.45) is 0 Å². The van der Waals surface area contributed by atoms with E-state index in [1.807, 2.05) is 12.1 Å². The smallest absolute Gasteiger partial charge is 0.304 e. The van der Waals surface area contributed by atoms with Gasteiger partial charge in [0, 0.05) is 5.41 Å². The molecule has 0 aromatic heterocycles. The summed E-state index contributed by atoms with van der Waals surface area (Å²) in [4.78, 5) is 10.9. The Morgan fingerprint density at radius 3 is 2.53 bits per heavy atom. The van der Waals surface area contributed by atoms with Crippen molar-refractivity contribution in [3.05, 3.63) is 35.4 Å². The van der Waals surface area contributed by atoms with E-state index in [4.69, 9.17) is 5.11 Å². The van der Waals surface area contributed by atoms with Gasteiger partial charge in [-0.2, -0.15) is 0 Å². The molecule has 2 rings (SSSR count). The Bertz CT molecular complexity index is 378. The van der Waals surface area contributed by atoms with Crippen LogP contribution in [0.15, 0.2) is 24.3 Å². The Kier molecular flexibility index (Phi) is 2.51. The summed E-state index contributed by atoms with van der Waals surface area (Å²) >= 11 is 0. The Morgan fingerprint density at radius 2 is 2.07 bits per heavy atom. The third-order valence-corrected chi connectivity index (χ3v) is 3.52. The van der Waals surface area contributed by atoms with Crippen LogP contribution in [-0.4, -0.2) is 11.1 Å². The number of aliphatic carboxylic acids is 1. The highest BCUT2D eigenvalue weighted by Crippen LogP contribution is 2.47. The molecule has 1 aliphatic carbocycles. The van der Waals surface area contributed by atoms with E-state index in [0.29, 0.717) is 0 Å². The highest BCUT2D eigenvalue weighted by atomic mass is 16.4. The molecule has 2 heteroatoms. The fourth-order valence-electron chi connectivity index (χ4n) is 2.60. The minimum Gasteiger partial charge on any atom is -0.481 e. The molecule has 1 aromatic rings. The predicted octanol–water partition coefficient (Wildman–Crippen LogP) is 2.89. The lowest BCUT2D eigenvalue weighted by Crippen LogP contribution is -2.37. The van der Waals surface area contributed by atoms with Crippen molar-refractivity contribution in [3.63, 3.8) is 0 Å². The highest BCUT2D eigenvalue weighted by molar-refractivity contribution is 5.69. The van der Waals surface area contributed by atoms with Gasteiger partial charge < -0.3 is 5.11 Å². The van der Waals surface area contributed by atoms with Gasteiger partial charge in [-0.15, -0.1) is 0 Å². The van der Waals surface area contributed by atoms with Crippen LogP contribution in [0, 0.1) is 6.92 Å².